The van der Waals surface area contributed by atoms with Crippen LogP contribution in [0.3, 0.4) is 0 Å². The van der Waals surface area contributed by atoms with Crippen molar-refractivity contribution in [2.24, 2.45) is 0 Å². The van der Waals surface area contributed by atoms with Gasteiger partial charge in [-0.1, -0.05) is 19.8 Å². The number of unbranched alkanes of at least 4 members (excludes halogenated alkanes) is 2. The molecule has 8 nitrogen and oxygen atoms in total. The average Bonchev–Trinajstić information content (AvgIpc) is 2.79. The molecule has 0 bridgehead atoms. The van der Waals surface area contributed by atoms with Crippen molar-refractivity contribution >= 4 is 23.4 Å². The first kappa shape index (κ1) is 24.0. The maximum Gasteiger partial charge on any atom is 0.251 e. The molecule has 2 aromatic heterocycles. The second-order valence-electron chi connectivity index (χ2n) is 7.79. The molecule has 3 N–H and O–H groups in total. The van der Waals surface area contributed by atoms with Crippen LogP contribution >= 0.6 is 0 Å². The Labute approximate surface area is 195 Å². The highest BCUT2D eigenvalue weighted by atomic mass is 16.5. The predicted molar refractivity (Wildman–Crippen MR) is 131 cm³/mol. The topological polar surface area (TPSA) is 101 Å². The molecule has 0 radical (unpaired) electrons. The standard InChI is InChI=1S/C25H32N6O2/c1-4-5-6-15-33-21-9-7-20(8-10-21)25(32)28-14-13-27-23-17-24(30-19(3)29-23)31-22-16-18(2)11-12-26-22/h7-12,16-17H,4-6,13-15H2,1-3H3,(H,28,32)(H2,26,27,29,30,31). The third-order valence-electron chi connectivity index (χ3n) is 4.86. The Bertz CT molecular complexity index is 1040. The van der Waals surface area contributed by atoms with Gasteiger partial charge < -0.3 is 20.7 Å². The lowest BCUT2D eigenvalue weighted by molar-refractivity contribution is 0.0955. The zero-order valence-corrected chi connectivity index (χ0v) is 19.5. The van der Waals surface area contributed by atoms with Crippen molar-refractivity contribution in [1.82, 2.24) is 20.3 Å². The Hall–Kier alpha value is -3.68. The number of anilines is 3. The molecule has 3 rings (SSSR count). The van der Waals surface area contributed by atoms with Crippen LogP contribution in [0.1, 0.15) is 47.9 Å². The lowest BCUT2D eigenvalue weighted by Gasteiger charge is -2.11. The molecule has 2 heterocycles. The molecule has 0 spiro atoms. The summed E-state index contributed by atoms with van der Waals surface area (Å²) in [5.41, 5.74) is 1.72. The van der Waals surface area contributed by atoms with Crippen LogP contribution in [-0.4, -0.2) is 40.6 Å². The molecule has 1 amide bonds. The molecule has 0 saturated heterocycles. The molecule has 0 aliphatic carbocycles. The van der Waals surface area contributed by atoms with Crippen molar-refractivity contribution in [1.29, 1.82) is 0 Å². The van der Waals surface area contributed by atoms with Gasteiger partial charge in [0.15, 0.2) is 0 Å². The Morgan fingerprint density at radius 1 is 0.939 bits per heavy atom. The predicted octanol–water partition coefficient (Wildman–Crippen LogP) is 4.64. The van der Waals surface area contributed by atoms with Crippen LogP contribution in [0.2, 0.25) is 0 Å². The van der Waals surface area contributed by atoms with Gasteiger partial charge in [-0.2, -0.15) is 0 Å². The Balaban J connectivity index is 1.44. The largest absolute Gasteiger partial charge is 0.494 e. The van der Waals surface area contributed by atoms with Crippen LogP contribution in [0.15, 0.2) is 48.7 Å². The van der Waals surface area contributed by atoms with Crippen LogP contribution in [0.25, 0.3) is 0 Å². The molecule has 0 saturated carbocycles. The minimum atomic E-state index is -0.124. The van der Waals surface area contributed by atoms with Crippen molar-refractivity contribution in [2.75, 3.05) is 30.3 Å². The zero-order valence-electron chi connectivity index (χ0n) is 19.5. The van der Waals surface area contributed by atoms with Gasteiger partial charge in [0.05, 0.1) is 6.61 Å². The molecule has 0 atom stereocenters. The molecule has 0 aliphatic heterocycles. The fraction of sp³-hybridized carbons (Fsp3) is 0.360. The van der Waals surface area contributed by atoms with Crippen LogP contribution in [-0.2, 0) is 0 Å². The summed E-state index contributed by atoms with van der Waals surface area (Å²) >= 11 is 0. The summed E-state index contributed by atoms with van der Waals surface area (Å²) in [6.07, 6.45) is 5.11. The third kappa shape index (κ3) is 8.07. The van der Waals surface area contributed by atoms with Crippen LogP contribution < -0.4 is 20.7 Å². The van der Waals surface area contributed by atoms with E-state index in [4.69, 9.17) is 4.74 Å². The van der Waals surface area contributed by atoms with Crippen molar-refractivity contribution in [3.8, 4) is 5.75 Å². The fourth-order valence-electron chi connectivity index (χ4n) is 3.17. The van der Waals surface area contributed by atoms with Gasteiger partial charge in [0, 0.05) is 30.9 Å². The van der Waals surface area contributed by atoms with Gasteiger partial charge in [-0.15, -0.1) is 0 Å². The van der Waals surface area contributed by atoms with E-state index >= 15 is 0 Å². The number of hydrogen-bond acceptors (Lipinski definition) is 7. The molecule has 3 aromatic rings. The number of ether oxygens (including phenoxy) is 1. The number of amides is 1. The molecule has 0 fully saturated rings. The highest BCUT2D eigenvalue weighted by molar-refractivity contribution is 5.94. The van der Waals surface area contributed by atoms with E-state index in [-0.39, 0.29) is 5.91 Å². The first-order chi connectivity index (χ1) is 16.0. The van der Waals surface area contributed by atoms with Crippen LogP contribution in [0, 0.1) is 13.8 Å². The summed E-state index contributed by atoms with van der Waals surface area (Å²) in [7, 11) is 0. The van der Waals surface area contributed by atoms with E-state index in [9.17, 15) is 4.79 Å². The second kappa shape index (κ2) is 12.4. The molecular weight excluding hydrogens is 416 g/mol. The van der Waals surface area contributed by atoms with Crippen molar-refractivity contribution in [3.63, 3.8) is 0 Å². The van der Waals surface area contributed by atoms with E-state index in [1.807, 2.05) is 44.2 Å². The summed E-state index contributed by atoms with van der Waals surface area (Å²) in [4.78, 5) is 25.5. The third-order valence-corrected chi connectivity index (χ3v) is 4.86. The number of rotatable bonds is 12. The summed E-state index contributed by atoms with van der Waals surface area (Å²) in [5, 5.41) is 9.34. The fourth-order valence-corrected chi connectivity index (χ4v) is 3.17. The lowest BCUT2D eigenvalue weighted by atomic mass is 10.2. The number of nitrogens with zero attached hydrogens (tertiary/aromatic N) is 3. The number of benzene rings is 1. The van der Waals surface area contributed by atoms with Gasteiger partial charge in [0.1, 0.15) is 29.0 Å². The van der Waals surface area contributed by atoms with E-state index in [2.05, 4.69) is 37.8 Å². The van der Waals surface area contributed by atoms with E-state index in [1.54, 1.807) is 18.3 Å². The molecule has 1 aromatic carbocycles. The number of aryl methyl sites for hydroxylation is 2. The van der Waals surface area contributed by atoms with Gasteiger partial charge in [0.25, 0.3) is 5.91 Å². The highest BCUT2D eigenvalue weighted by Crippen LogP contribution is 2.16. The van der Waals surface area contributed by atoms with Gasteiger partial charge >= 0.3 is 0 Å². The maximum absolute atomic E-state index is 12.4. The van der Waals surface area contributed by atoms with Crippen LogP contribution in [0.5, 0.6) is 5.75 Å². The van der Waals surface area contributed by atoms with Crippen molar-refractivity contribution in [2.45, 2.75) is 40.0 Å². The van der Waals surface area contributed by atoms with Gasteiger partial charge in [-0.05, 0) is 62.2 Å². The van der Waals surface area contributed by atoms with E-state index < -0.39 is 0 Å². The minimum Gasteiger partial charge on any atom is -0.494 e. The first-order valence-corrected chi connectivity index (χ1v) is 11.3. The summed E-state index contributed by atoms with van der Waals surface area (Å²) < 4.78 is 5.69. The van der Waals surface area contributed by atoms with E-state index in [1.165, 1.54) is 0 Å². The number of nitrogens with one attached hydrogen (secondary N) is 3. The van der Waals surface area contributed by atoms with Gasteiger partial charge in [0.2, 0.25) is 0 Å². The molecule has 33 heavy (non-hydrogen) atoms. The Morgan fingerprint density at radius 2 is 1.73 bits per heavy atom. The SMILES string of the molecule is CCCCCOc1ccc(C(=O)NCCNc2cc(Nc3cc(C)ccn3)nc(C)n2)cc1. The lowest BCUT2D eigenvalue weighted by Crippen LogP contribution is -2.28. The van der Waals surface area contributed by atoms with Crippen molar-refractivity contribution < 1.29 is 9.53 Å². The van der Waals surface area contributed by atoms with Crippen LogP contribution in [0.4, 0.5) is 17.5 Å². The maximum atomic E-state index is 12.4. The molecule has 0 aliphatic rings. The Morgan fingerprint density at radius 3 is 2.48 bits per heavy atom. The van der Waals surface area contributed by atoms with E-state index in [0.29, 0.717) is 42.7 Å². The number of pyridine rings is 1. The number of aromatic nitrogens is 3. The van der Waals surface area contributed by atoms with E-state index in [0.717, 1.165) is 36.4 Å². The minimum absolute atomic E-state index is 0.124. The summed E-state index contributed by atoms with van der Waals surface area (Å²) in [5.74, 6) is 3.36. The number of carbonyl (C=O) groups excluding carboxylic acids is 1. The molecule has 8 heteroatoms. The quantitative estimate of drug-likeness (QED) is 0.347. The number of carbonyl (C=O) groups is 1. The smallest absolute Gasteiger partial charge is 0.251 e. The second-order valence-corrected chi connectivity index (χ2v) is 7.79. The number of hydrogen-bond donors (Lipinski definition) is 3. The molecule has 174 valence electrons. The van der Waals surface area contributed by atoms with Gasteiger partial charge in [-0.25, -0.2) is 15.0 Å². The highest BCUT2D eigenvalue weighted by Gasteiger charge is 2.06. The molecular formula is C25H32N6O2. The Kier molecular flexibility index (Phi) is 8.99. The zero-order chi connectivity index (χ0) is 23.5. The van der Waals surface area contributed by atoms with Gasteiger partial charge in [-0.3, -0.25) is 4.79 Å². The first-order valence-electron chi connectivity index (χ1n) is 11.3. The average molecular weight is 449 g/mol. The summed E-state index contributed by atoms with van der Waals surface area (Å²) in [6.45, 7) is 7.69. The normalized spacial score (nSPS) is 10.5. The molecule has 0 unspecified atom stereocenters. The summed E-state index contributed by atoms with van der Waals surface area (Å²) in [6, 6.07) is 12.9. The monoisotopic (exact) mass is 448 g/mol. The van der Waals surface area contributed by atoms with Crippen molar-refractivity contribution in [3.05, 3.63) is 65.6 Å².